The van der Waals surface area contributed by atoms with Crippen LogP contribution in [0.25, 0.3) is 5.76 Å². The number of unbranched alkanes of at least 4 members (excludes halogenated alkanes) is 2. The summed E-state index contributed by atoms with van der Waals surface area (Å²) in [6, 6.07) is 13.7. The number of amides is 1. The van der Waals surface area contributed by atoms with Crippen LogP contribution < -0.4 is 0 Å². The Balaban J connectivity index is 1.96. The number of ketones is 1. The van der Waals surface area contributed by atoms with E-state index in [1.165, 1.54) is 4.90 Å². The minimum absolute atomic E-state index is 0.0710. The number of carbonyl (C=O) groups is 3. The van der Waals surface area contributed by atoms with Crippen LogP contribution in [-0.4, -0.2) is 39.3 Å². The summed E-state index contributed by atoms with van der Waals surface area (Å²) in [4.78, 5) is 38.0. The largest absolute Gasteiger partial charge is 0.507 e. The molecule has 0 spiro atoms. The molecule has 1 aliphatic rings. The van der Waals surface area contributed by atoms with Crippen molar-refractivity contribution in [2.24, 2.45) is 0 Å². The van der Waals surface area contributed by atoms with Gasteiger partial charge in [0.15, 0.2) is 0 Å². The number of Topliss-reactive ketones (excluding diaryl/α,β-unsaturated/α-hetero) is 1. The monoisotopic (exact) mass is 485 g/mol. The molecule has 0 aliphatic carbocycles. The molecule has 2 aromatic carbocycles. The molecule has 2 N–H and O–H groups in total. The van der Waals surface area contributed by atoms with E-state index in [9.17, 15) is 19.5 Å². The van der Waals surface area contributed by atoms with E-state index in [4.69, 9.17) is 5.11 Å². The molecule has 1 aliphatic heterocycles. The van der Waals surface area contributed by atoms with Gasteiger partial charge < -0.3 is 15.1 Å². The third-order valence-corrected chi connectivity index (χ3v) is 5.87. The highest BCUT2D eigenvalue weighted by Crippen LogP contribution is 2.39. The molecule has 162 valence electrons. The molecule has 0 saturated carbocycles. The second-order valence-electron chi connectivity index (χ2n) is 7.61. The summed E-state index contributed by atoms with van der Waals surface area (Å²) in [7, 11) is 0. The third kappa shape index (κ3) is 5.22. The van der Waals surface area contributed by atoms with E-state index in [1.54, 1.807) is 12.1 Å². The molecule has 2 aromatic rings. The summed E-state index contributed by atoms with van der Waals surface area (Å²) in [5, 5.41) is 19.8. The van der Waals surface area contributed by atoms with E-state index < -0.39 is 23.7 Å². The summed E-state index contributed by atoms with van der Waals surface area (Å²) in [6.45, 7) is 2.23. The van der Waals surface area contributed by atoms with Crippen LogP contribution in [0.4, 0.5) is 0 Å². The molecule has 3 rings (SSSR count). The Bertz CT molecular complexity index is 1010. The fourth-order valence-corrected chi connectivity index (χ4v) is 3.97. The summed E-state index contributed by atoms with van der Waals surface area (Å²) in [5.41, 5.74) is 2.29. The Morgan fingerprint density at radius 1 is 0.968 bits per heavy atom. The molecular formula is C24H24BrNO5. The first kappa shape index (κ1) is 22.7. The first-order valence-corrected chi connectivity index (χ1v) is 10.9. The number of aliphatic carboxylic acids is 1. The lowest BCUT2D eigenvalue weighted by Crippen LogP contribution is -2.30. The number of aliphatic hydroxyl groups excluding tert-OH is 1. The molecule has 1 atom stereocenters. The van der Waals surface area contributed by atoms with Crippen molar-refractivity contribution in [1.82, 2.24) is 4.90 Å². The van der Waals surface area contributed by atoms with Crippen molar-refractivity contribution in [3.8, 4) is 0 Å². The number of nitrogens with zero attached hydrogens (tertiary/aromatic N) is 1. The van der Waals surface area contributed by atoms with Crippen molar-refractivity contribution >= 4 is 39.3 Å². The first-order chi connectivity index (χ1) is 14.8. The highest BCUT2D eigenvalue weighted by Gasteiger charge is 2.45. The molecule has 31 heavy (non-hydrogen) atoms. The van der Waals surface area contributed by atoms with Crippen molar-refractivity contribution in [1.29, 1.82) is 0 Å². The lowest BCUT2D eigenvalue weighted by Gasteiger charge is -2.25. The lowest BCUT2D eigenvalue weighted by molar-refractivity contribution is -0.140. The van der Waals surface area contributed by atoms with Crippen molar-refractivity contribution < 1.29 is 24.6 Å². The van der Waals surface area contributed by atoms with Gasteiger partial charge in [0.05, 0.1) is 11.6 Å². The fraction of sp³-hybridized carbons (Fsp3) is 0.292. The van der Waals surface area contributed by atoms with Gasteiger partial charge in [0.2, 0.25) is 0 Å². The minimum Gasteiger partial charge on any atom is -0.507 e. The Labute approximate surface area is 189 Å². The average molecular weight is 486 g/mol. The number of hydrogen-bond donors (Lipinski definition) is 2. The standard InChI is InChI=1S/C24H24BrNO5/c1-15-6-8-17(9-7-15)22(29)20-21(16-10-12-18(25)13-11-16)26(24(31)23(20)30)14-4-2-3-5-19(27)28/h6-13,21,29H,2-5,14H2,1H3,(H,27,28)/b22-20+/t21-/m1/s1. The normalized spacial score (nSPS) is 17.9. The molecule has 1 heterocycles. The number of likely N-dealkylation sites (tertiary alicyclic amines) is 1. The van der Waals surface area contributed by atoms with Gasteiger partial charge in [-0.1, -0.05) is 64.3 Å². The average Bonchev–Trinajstić information content (AvgIpc) is 2.99. The zero-order chi connectivity index (χ0) is 22.5. The van der Waals surface area contributed by atoms with Gasteiger partial charge in [0.1, 0.15) is 5.76 Å². The molecule has 7 heteroatoms. The van der Waals surface area contributed by atoms with Crippen molar-refractivity contribution in [3.63, 3.8) is 0 Å². The molecule has 0 bridgehead atoms. The van der Waals surface area contributed by atoms with Crippen molar-refractivity contribution in [2.45, 2.75) is 38.6 Å². The Kier molecular flexibility index (Phi) is 7.28. The topological polar surface area (TPSA) is 94.9 Å². The van der Waals surface area contributed by atoms with E-state index in [0.29, 0.717) is 31.4 Å². The number of aliphatic hydroxyl groups is 1. The van der Waals surface area contributed by atoms with Crippen molar-refractivity contribution in [3.05, 3.63) is 75.3 Å². The first-order valence-electron chi connectivity index (χ1n) is 10.1. The van der Waals surface area contributed by atoms with Crippen LogP contribution in [-0.2, 0) is 14.4 Å². The SMILES string of the molecule is Cc1ccc(/C(O)=C2\C(=O)C(=O)N(CCCCCC(=O)O)[C@@H]2c2ccc(Br)cc2)cc1. The highest BCUT2D eigenvalue weighted by molar-refractivity contribution is 9.10. The second-order valence-corrected chi connectivity index (χ2v) is 8.53. The number of carbonyl (C=O) groups excluding carboxylic acids is 2. The smallest absolute Gasteiger partial charge is 0.303 e. The van der Waals surface area contributed by atoms with Gasteiger partial charge in [-0.05, 0) is 37.5 Å². The number of rotatable bonds is 8. The van der Waals surface area contributed by atoms with Crippen LogP contribution in [0.1, 0.15) is 48.4 Å². The van der Waals surface area contributed by atoms with E-state index in [2.05, 4.69) is 15.9 Å². The number of aryl methyl sites for hydroxylation is 1. The van der Waals surface area contributed by atoms with Crippen LogP contribution in [0, 0.1) is 6.92 Å². The zero-order valence-corrected chi connectivity index (χ0v) is 18.8. The molecule has 6 nitrogen and oxygen atoms in total. The van der Waals surface area contributed by atoms with Crippen molar-refractivity contribution in [2.75, 3.05) is 6.54 Å². The maximum atomic E-state index is 12.9. The second kappa shape index (κ2) is 9.92. The van der Waals surface area contributed by atoms with Crippen LogP contribution in [0.5, 0.6) is 0 Å². The molecule has 1 fully saturated rings. The predicted molar refractivity (Wildman–Crippen MR) is 120 cm³/mol. The lowest BCUT2D eigenvalue weighted by atomic mass is 9.95. The van der Waals surface area contributed by atoms with Crippen LogP contribution in [0.2, 0.25) is 0 Å². The van der Waals surface area contributed by atoms with E-state index in [0.717, 1.165) is 15.6 Å². The minimum atomic E-state index is -0.853. The molecule has 0 aromatic heterocycles. The van der Waals surface area contributed by atoms with Crippen LogP contribution in [0.3, 0.4) is 0 Å². The van der Waals surface area contributed by atoms with Gasteiger partial charge in [-0.3, -0.25) is 14.4 Å². The predicted octanol–water partition coefficient (Wildman–Crippen LogP) is 4.82. The van der Waals surface area contributed by atoms with E-state index in [1.807, 2.05) is 43.3 Å². The number of carboxylic acid groups (broad SMARTS) is 1. The molecule has 1 saturated heterocycles. The van der Waals surface area contributed by atoms with Crippen LogP contribution in [0.15, 0.2) is 58.6 Å². The zero-order valence-electron chi connectivity index (χ0n) is 17.2. The molecule has 1 amide bonds. The molecule has 0 radical (unpaired) electrons. The third-order valence-electron chi connectivity index (χ3n) is 5.34. The quantitative estimate of drug-likeness (QED) is 0.241. The Morgan fingerprint density at radius 3 is 2.23 bits per heavy atom. The van der Waals surface area contributed by atoms with E-state index >= 15 is 0 Å². The van der Waals surface area contributed by atoms with Gasteiger partial charge >= 0.3 is 5.97 Å². The molecular weight excluding hydrogens is 462 g/mol. The maximum Gasteiger partial charge on any atom is 0.303 e. The summed E-state index contributed by atoms with van der Waals surface area (Å²) in [6.07, 6.45) is 1.77. The number of halogens is 1. The van der Waals surface area contributed by atoms with Gasteiger partial charge in [-0.15, -0.1) is 0 Å². The number of benzene rings is 2. The maximum absolute atomic E-state index is 12.9. The van der Waals surface area contributed by atoms with Gasteiger partial charge in [0, 0.05) is 23.0 Å². The van der Waals surface area contributed by atoms with Gasteiger partial charge in [-0.25, -0.2) is 0 Å². The van der Waals surface area contributed by atoms with E-state index in [-0.39, 0.29) is 17.8 Å². The number of carboxylic acids is 1. The Morgan fingerprint density at radius 2 is 1.61 bits per heavy atom. The Hall–Kier alpha value is -2.93. The highest BCUT2D eigenvalue weighted by atomic mass is 79.9. The fourth-order valence-electron chi connectivity index (χ4n) is 3.70. The summed E-state index contributed by atoms with van der Waals surface area (Å²) >= 11 is 3.39. The summed E-state index contributed by atoms with van der Waals surface area (Å²) in [5.74, 6) is -2.41. The van der Waals surface area contributed by atoms with Gasteiger partial charge in [-0.2, -0.15) is 0 Å². The summed E-state index contributed by atoms with van der Waals surface area (Å²) < 4.78 is 0.861. The number of hydrogen-bond acceptors (Lipinski definition) is 4. The molecule has 0 unspecified atom stereocenters. The van der Waals surface area contributed by atoms with Crippen LogP contribution >= 0.6 is 15.9 Å². The van der Waals surface area contributed by atoms with Gasteiger partial charge in [0.25, 0.3) is 11.7 Å².